The fourth-order valence-corrected chi connectivity index (χ4v) is 2.89. The van der Waals surface area contributed by atoms with Crippen LogP contribution in [0.15, 0.2) is 53.4 Å². The van der Waals surface area contributed by atoms with Crippen molar-refractivity contribution in [3.63, 3.8) is 0 Å². The zero-order valence-corrected chi connectivity index (χ0v) is 17.2. The predicted molar refractivity (Wildman–Crippen MR) is 113 cm³/mol. The Balaban J connectivity index is 1.91. The summed E-state index contributed by atoms with van der Waals surface area (Å²) < 4.78 is 10.9. The van der Waals surface area contributed by atoms with Gasteiger partial charge in [0, 0.05) is 24.7 Å². The molecule has 0 bridgehead atoms. The van der Waals surface area contributed by atoms with Crippen molar-refractivity contribution in [2.75, 3.05) is 33.1 Å². The molecule has 1 N–H and O–H groups in total. The number of benzene rings is 2. The second kappa shape index (κ2) is 10.4. The van der Waals surface area contributed by atoms with Crippen molar-refractivity contribution in [2.45, 2.75) is 11.8 Å². The smallest absolute Gasteiger partial charge is 0.285 e. The standard InChI is InChI=1S/C21H24N2O4S/c1-5-6-15-7-12-18(19(13-15)26-4)27-14-20(24)22-16-8-10-17(11-9-16)28-21(25)23(2)3/h5-13H,14H2,1-4H3,(H,22,24)/b6-5+. The number of ether oxygens (including phenoxy) is 2. The highest BCUT2D eigenvalue weighted by molar-refractivity contribution is 8.13. The average Bonchev–Trinajstić information content (AvgIpc) is 2.68. The highest BCUT2D eigenvalue weighted by Gasteiger charge is 2.10. The molecule has 0 atom stereocenters. The van der Waals surface area contributed by atoms with Crippen molar-refractivity contribution < 1.29 is 19.1 Å². The van der Waals surface area contributed by atoms with E-state index in [9.17, 15) is 9.59 Å². The fourth-order valence-electron chi connectivity index (χ4n) is 2.24. The van der Waals surface area contributed by atoms with Crippen LogP contribution in [0, 0.1) is 0 Å². The van der Waals surface area contributed by atoms with Crippen LogP contribution in [0.2, 0.25) is 0 Å². The molecule has 0 spiro atoms. The molecule has 0 saturated carbocycles. The lowest BCUT2D eigenvalue weighted by molar-refractivity contribution is -0.118. The normalized spacial score (nSPS) is 10.6. The van der Waals surface area contributed by atoms with Gasteiger partial charge in [-0.15, -0.1) is 0 Å². The Labute approximate surface area is 169 Å². The summed E-state index contributed by atoms with van der Waals surface area (Å²) in [5.41, 5.74) is 1.62. The lowest BCUT2D eigenvalue weighted by atomic mass is 10.2. The molecule has 2 amide bonds. The number of amides is 2. The first kappa shape index (κ1) is 21.4. The first-order valence-corrected chi connectivity index (χ1v) is 9.47. The van der Waals surface area contributed by atoms with E-state index in [1.807, 2.05) is 31.2 Å². The number of hydrogen-bond acceptors (Lipinski definition) is 5. The number of thioether (sulfide) groups is 1. The van der Waals surface area contributed by atoms with E-state index in [0.29, 0.717) is 17.2 Å². The molecule has 28 heavy (non-hydrogen) atoms. The van der Waals surface area contributed by atoms with E-state index in [2.05, 4.69) is 5.32 Å². The van der Waals surface area contributed by atoms with Crippen LogP contribution in [-0.2, 0) is 4.79 Å². The summed E-state index contributed by atoms with van der Waals surface area (Å²) in [5, 5.41) is 2.71. The maximum atomic E-state index is 12.2. The van der Waals surface area contributed by atoms with Crippen LogP contribution >= 0.6 is 11.8 Å². The molecule has 0 heterocycles. The lowest BCUT2D eigenvalue weighted by Crippen LogP contribution is -2.20. The van der Waals surface area contributed by atoms with E-state index < -0.39 is 0 Å². The minimum Gasteiger partial charge on any atom is -0.493 e. The van der Waals surface area contributed by atoms with E-state index in [1.54, 1.807) is 51.5 Å². The van der Waals surface area contributed by atoms with Gasteiger partial charge in [-0.2, -0.15) is 0 Å². The third-order valence-electron chi connectivity index (χ3n) is 3.61. The molecule has 0 aliphatic carbocycles. The van der Waals surface area contributed by atoms with Crippen molar-refractivity contribution in [3.8, 4) is 11.5 Å². The van der Waals surface area contributed by atoms with Crippen molar-refractivity contribution in [2.24, 2.45) is 0 Å². The van der Waals surface area contributed by atoms with Gasteiger partial charge >= 0.3 is 0 Å². The van der Waals surface area contributed by atoms with Crippen molar-refractivity contribution in [3.05, 3.63) is 54.1 Å². The van der Waals surface area contributed by atoms with Crippen LogP contribution in [0.25, 0.3) is 6.08 Å². The predicted octanol–water partition coefficient (Wildman–Crippen LogP) is 4.52. The maximum Gasteiger partial charge on any atom is 0.285 e. The molecule has 0 fully saturated rings. The van der Waals surface area contributed by atoms with Crippen LogP contribution in [0.1, 0.15) is 12.5 Å². The second-order valence-corrected chi connectivity index (χ2v) is 7.06. The van der Waals surface area contributed by atoms with Crippen LogP contribution < -0.4 is 14.8 Å². The van der Waals surface area contributed by atoms with E-state index in [1.165, 1.54) is 4.90 Å². The Morgan fingerprint density at radius 2 is 1.82 bits per heavy atom. The van der Waals surface area contributed by atoms with Crippen molar-refractivity contribution in [1.29, 1.82) is 0 Å². The molecule has 2 aromatic carbocycles. The molecule has 2 aromatic rings. The molecule has 0 aliphatic rings. The molecule has 6 nitrogen and oxygen atoms in total. The third-order valence-corrected chi connectivity index (χ3v) is 4.66. The Morgan fingerprint density at radius 1 is 1.11 bits per heavy atom. The Morgan fingerprint density at radius 3 is 2.43 bits per heavy atom. The van der Waals surface area contributed by atoms with Crippen LogP contribution in [-0.4, -0.2) is 43.9 Å². The summed E-state index contributed by atoms with van der Waals surface area (Å²) in [6.07, 6.45) is 3.88. The lowest BCUT2D eigenvalue weighted by Gasteiger charge is -2.12. The molecule has 2 rings (SSSR count). The number of carbonyl (C=O) groups is 2. The van der Waals surface area contributed by atoms with Gasteiger partial charge in [0.25, 0.3) is 11.1 Å². The number of anilines is 1. The Bertz CT molecular complexity index is 848. The van der Waals surface area contributed by atoms with Crippen molar-refractivity contribution >= 4 is 34.7 Å². The number of allylic oxidation sites excluding steroid dienone is 1. The van der Waals surface area contributed by atoms with Gasteiger partial charge in [0.05, 0.1) is 7.11 Å². The van der Waals surface area contributed by atoms with E-state index in [4.69, 9.17) is 9.47 Å². The highest BCUT2D eigenvalue weighted by Crippen LogP contribution is 2.28. The number of hydrogen-bond donors (Lipinski definition) is 1. The molecule has 148 valence electrons. The monoisotopic (exact) mass is 400 g/mol. The minimum atomic E-state index is -0.288. The SMILES string of the molecule is C/C=C/c1ccc(OCC(=O)Nc2ccc(SC(=O)N(C)C)cc2)c(OC)c1. The van der Waals surface area contributed by atoms with Crippen molar-refractivity contribution in [1.82, 2.24) is 4.90 Å². The zero-order chi connectivity index (χ0) is 20.5. The van der Waals surface area contributed by atoms with Gasteiger partial charge in [0.1, 0.15) is 0 Å². The van der Waals surface area contributed by atoms with Gasteiger partial charge in [-0.05, 0) is 60.6 Å². The average molecular weight is 401 g/mol. The van der Waals surface area contributed by atoms with E-state index in [-0.39, 0.29) is 17.8 Å². The topological polar surface area (TPSA) is 67.9 Å². The van der Waals surface area contributed by atoms with Crippen LogP contribution in [0.3, 0.4) is 0 Å². The summed E-state index contributed by atoms with van der Waals surface area (Å²) in [4.78, 5) is 26.2. The summed E-state index contributed by atoms with van der Waals surface area (Å²) >= 11 is 1.13. The largest absolute Gasteiger partial charge is 0.493 e. The first-order valence-electron chi connectivity index (χ1n) is 8.65. The summed E-state index contributed by atoms with van der Waals surface area (Å²) in [5.74, 6) is 0.777. The molecular formula is C21H24N2O4S. The summed E-state index contributed by atoms with van der Waals surface area (Å²) in [6.45, 7) is 1.79. The molecule has 0 radical (unpaired) electrons. The number of methoxy groups -OCH3 is 1. The number of nitrogens with zero attached hydrogens (tertiary/aromatic N) is 1. The number of carbonyl (C=O) groups excluding carboxylic acids is 2. The quantitative estimate of drug-likeness (QED) is 0.692. The van der Waals surface area contributed by atoms with E-state index >= 15 is 0 Å². The van der Waals surface area contributed by atoms with Gasteiger partial charge in [-0.25, -0.2) is 0 Å². The highest BCUT2D eigenvalue weighted by atomic mass is 32.2. The zero-order valence-electron chi connectivity index (χ0n) is 16.4. The molecule has 0 aliphatic heterocycles. The Kier molecular flexibility index (Phi) is 7.95. The number of nitrogens with one attached hydrogen (secondary N) is 1. The molecule has 0 aromatic heterocycles. The maximum absolute atomic E-state index is 12.2. The minimum absolute atomic E-state index is 0.0559. The molecule has 0 saturated heterocycles. The summed E-state index contributed by atoms with van der Waals surface area (Å²) in [7, 11) is 4.96. The number of rotatable bonds is 7. The van der Waals surface area contributed by atoms with Gasteiger partial charge in [0.2, 0.25) is 0 Å². The van der Waals surface area contributed by atoms with Gasteiger partial charge in [0.15, 0.2) is 18.1 Å². The van der Waals surface area contributed by atoms with Gasteiger partial charge < -0.3 is 19.7 Å². The molecular weight excluding hydrogens is 376 g/mol. The van der Waals surface area contributed by atoms with Gasteiger partial charge in [-0.3, -0.25) is 9.59 Å². The van der Waals surface area contributed by atoms with Gasteiger partial charge in [-0.1, -0.05) is 18.2 Å². The van der Waals surface area contributed by atoms with Crippen LogP contribution in [0.4, 0.5) is 10.5 Å². The second-order valence-electron chi connectivity index (χ2n) is 6.03. The molecule has 7 heteroatoms. The fraction of sp³-hybridized carbons (Fsp3) is 0.238. The first-order chi connectivity index (χ1) is 13.4. The Hall–Kier alpha value is -2.93. The molecule has 0 unspecified atom stereocenters. The third kappa shape index (κ3) is 6.35. The van der Waals surface area contributed by atoms with E-state index in [0.717, 1.165) is 22.2 Å². The van der Waals surface area contributed by atoms with Crippen LogP contribution in [0.5, 0.6) is 11.5 Å². The summed E-state index contributed by atoms with van der Waals surface area (Å²) in [6, 6.07) is 12.6.